The van der Waals surface area contributed by atoms with Crippen LogP contribution in [-0.2, 0) is 23.5 Å². The molecule has 1 saturated heterocycles. The van der Waals surface area contributed by atoms with E-state index in [-0.39, 0.29) is 5.92 Å². The van der Waals surface area contributed by atoms with Crippen LogP contribution in [0.15, 0.2) is 0 Å². The second-order valence-electron chi connectivity index (χ2n) is 7.03. The van der Waals surface area contributed by atoms with Gasteiger partial charge in [-0.2, -0.15) is 16.8 Å². The molecule has 0 aromatic heterocycles. The maximum Gasteiger partial charge on any atom is 0.409 e. The molecule has 0 aromatic carbocycles. The predicted molar refractivity (Wildman–Crippen MR) is 97.1 cm³/mol. The molecule has 1 fully saturated rings. The average molecular weight is 381 g/mol. The van der Waals surface area contributed by atoms with Gasteiger partial charge in [0.1, 0.15) is 6.10 Å². The number of unbranched alkanes of at least 4 members (excludes halogenated alkanes) is 9. The maximum absolute atomic E-state index is 11.0. The zero-order chi connectivity index (χ0) is 18.8. The van der Waals surface area contributed by atoms with Crippen LogP contribution in [0.25, 0.3) is 0 Å². The minimum atomic E-state index is -4.06. The lowest BCUT2D eigenvalue weighted by Gasteiger charge is -2.41. The summed E-state index contributed by atoms with van der Waals surface area (Å²) in [6.07, 6.45) is 12.6. The molecule has 2 unspecified atom stereocenters. The van der Waals surface area contributed by atoms with Crippen LogP contribution in [0, 0.1) is 5.92 Å². The zero-order valence-electron chi connectivity index (χ0n) is 16.0. The van der Waals surface area contributed by atoms with Crippen molar-refractivity contribution in [2.75, 3.05) is 6.61 Å². The first-order valence-corrected chi connectivity index (χ1v) is 11.2. The van der Waals surface area contributed by atoms with Crippen molar-refractivity contribution in [1.29, 1.82) is 0 Å². The highest BCUT2D eigenvalue weighted by Crippen LogP contribution is 2.37. The third kappa shape index (κ3) is 8.35. The Bertz CT molecular complexity index is 438. The Labute approximate surface area is 153 Å². The standard InChI is InChI=1S/C18H36O6S/c1-4-6-7-8-9-10-11-12-13-14-15-16(3)17(22-5-2)18(19)23-25(20,21)24-18/h16-17,19H,4-15H2,1-3H3. The van der Waals surface area contributed by atoms with Crippen LogP contribution in [0.2, 0.25) is 0 Å². The van der Waals surface area contributed by atoms with Crippen molar-refractivity contribution >= 4 is 10.4 Å². The van der Waals surface area contributed by atoms with E-state index in [1.165, 1.54) is 51.4 Å². The first-order chi connectivity index (χ1) is 11.8. The molecule has 1 N–H and O–H groups in total. The summed E-state index contributed by atoms with van der Waals surface area (Å²) in [4.78, 5) is 0. The number of hydrogen-bond donors (Lipinski definition) is 1. The molecule has 150 valence electrons. The summed E-state index contributed by atoms with van der Waals surface area (Å²) in [5.41, 5.74) is 0. The summed E-state index contributed by atoms with van der Waals surface area (Å²) < 4.78 is 36.6. The molecule has 0 aliphatic carbocycles. The van der Waals surface area contributed by atoms with Gasteiger partial charge >= 0.3 is 16.4 Å². The summed E-state index contributed by atoms with van der Waals surface area (Å²) in [6.45, 7) is 6.29. The SMILES string of the molecule is CCCCCCCCCCCCC(C)C(OCC)C1(O)OS(=O)(=O)O1. The van der Waals surface area contributed by atoms with Crippen LogP contribution in [0.3, 0.4) is 0 Å². The Balaban J connectivity index is 2.16. The van der Waals surface area contributed by atoms with Crippen molar-refractivity contribution in [2.24, 2.45) is 5.92 Å². The topological polar surface area (TPSA) is 82.1 Å². The van der Waals surface area contributed by atoms with E-state index in [1.807, 2.05) is 6.92 Å². The van der Waals surface area contributed by atoms with E-state index in [1.54, 1.807) is 6.92 Å². The van der Waals surface area contributed by atoms with E-state index < -0.39 is 22.5 Å². The van der Waals surface area contributed by atoms with Gasteiger partial charge in [-0.05, 0) is 19.3 Å². The van der Waals surface area contributed by atoms with Crippen molar-refractivity contribution in [3.63, 3.8) is 0 Å². The first-order valence-electron chi connectivity index (χ1n) is 9.84. The van der Waals surface area contributed by atoms with Gasteiger partial charge in [-0.25, -0.2) is 0 Å². The Morgan fingerprint density at radius 2 is 1.40 bits per heavy atom. The second kappa shape index (κ2) is 11.5. The van der Waals surface area contributed by atoms with Gasteiger partial charge in [0.25, 0.3) is 0 Å². The number of hydrogen-bond acceptors (Lipinski definition) is 6. The summed E-state index contributed by atoms with van der Waals surface area (Å²) >= 11 is 0. The van der Waals surface area contributed by atoms with Crippen LogP contribution in [0.5, 0.6) is 0 Å². The van der Waals surface area contributed by atoms with Crippen LogP contribution in [0.1, 0.15) is 91.4 Å². The van der Waals surface area contributed by atoms with E-state index in [4.69, 9.17) is 4.74 Å². The molecule has 7 heteroatoms. The smallest absolute Gasteiger partial charge is 0.370 e. The van der Waals surface area contributed by atoms with E-state index in [2.05, 4.69) is 15.3 Å². The molecule has 0 aromatic rings. The molecule has 1 rings (SSSR count). The second-order valence-corrected chi connectivity index (χ2v) is 8.18. The summed E-state index contributed by atoms with van der Waals surface area (Å²) in [6, 6.07) is 0. The average Bonchev–Trinajstić information content (AvgIpc) is 2.52. The lowest BCUT2D eigenvalue weighted by atomic mass is 9.95. The van der Waals surface area contributed by atoms with E-state index in [0.29, 0.717) is 6.61 Å². The Morgan fingerprint density at radius 1 is 0.920 bits per heavy atom. The molecule has 0 spiro atoms. The zero-order valence-corrected chi connectivity index (χ0v) is 16.9. The van der Waals surface area contributed by atoms with Crippen molar-refractivity contribution in [3.05, 3.63) is 0 Å². The molecule has 1 aliphatic heterocycles. The van der Waals surface area contributed by atoms with Gasteiger partial charge in [0.2, 0.25) is 0 Å². The van der Waals surface area contributed by atoms with Crippen LogP contribution >= 0.6 is 0 Å². The van der Waals surface area contributed by atoms with Crippen molar-refractivity contribution in [2.45, 2.75) is 103 Å². The highest BCUT2D eigenvalue weighted by molar-refractivity contribution is 7.82. The Hall–Kier alpha value is -0.210. The molecular weight excluding hydrogens is 344 g/mol. The van der Waals surface area contributed by atoms with Gasteiger partial charge in [0, 0.05) is 6.61 Å². The fraction of sp³-hybridized carbons (Fsp3) is 1.00. The molecule has 2 atom stereocenters. The molecule has 0 radical (unpaired) electrons. The van der Waals surface area contributed by atoms with Gasteiger partial charge in [-0.15, -0.1) is 0 Å². The molecule has 0 amide bonds. The molecule has 0 bridgehead atoms. The van der Waals surface area contributed by atoms with E-state index in [0.717, 1.165) is 19.3 Å². The van der Waals surface area contributed by atoms with Crippen LogP contribution in [0.4, 0.5) is 0 Å². The van der Waals surface area contributed by atoms with Crippen LogP contribution in [-0.4, -0.2) is 32.2 Å². The molecular formula is C18H36O6S. The fourth-order valence-electron chi connectivity index (χ4n) is 3.31. The van der Waals surface area contributed by atoms with E-state index in [9.17, 15) is 13.5 Å². The van der Waals surface area contributed by atoms with Gasteiger partial charge in [0.15, 0.2) is 0 Å². The molecule has 1 heterocycles. The highest BCUT2D eigenvalue weighted by atomic mass is 32.3. The lowest BCUT2D eigenvalue weighted by molar-refractivity contribution is -0.379. The van der Waals surface area contributed by atoms with Gasteiger partial charge in [-0.1, -0.05) is 78.1 Å². The van der Waals surface area contributed by atoms with Crippen molar-refractivity contribution < 1.29 is 26.6 Å². The molecule has 1 aliphatic rings. The lowest BCUT2D eigenvalue weighted by Crippen LogP contribution is -2.61. The molecule has 6 nitrogen and oxygen atoms in total. The van der Waals surface area contributed by atoms with Crippen molar-refractivity contribution in [1.82, 2.24) is 0 Å². The fourth-order valence-corrected chi connectivity index (χ4v) is 4.09. The monoisotopic (exact) mass is 380 g/mol. The quantitative estimate of drug-likeness (QED) is 0.427. The normalized spacial score (nSPS) is 20.8. The largest absolute Gasteiger partial charge is 0.409 e. The molecule has 0 saturated carbocycles. The van der Waals surface area contributed by atoms with Gasteiger partial charge < -0.3 is 9.84 Å². The third-order valence-corrected chi connectivity index (χ3v) is 5.56. The predicted octanol–water partition coefficient (Wildman–Crippen LogP) is 4.28. The number of ether oxygens (including phenoxy) is 1. The van der Waals surface area contributed by atoms with E-state index >= 15 is 0 Å². The van der Waals surface area contributed by atoms with Gasteiger partial charge in [0.05, 0.1) is 0 Å². The Morgan fingerprint density at radius 3 is 1.84 bits per heavy atom. The first kappa shape index (κ1) is 22.8. The van der Waals surface area contributed by atoms with Crippen molar-refractivity contribution in [3.8, 4) is 0 Å². The highest BCUT2D eigenvalue weighted by Gasteiger charge is 2.59. The Kier molecular flexibility index (Phi) is 10.5. The van der Waals surface area contributed by atoms with Crippen LogP contribution < -0.4 is 0 Å². The van der Waals surface area contributed by atoms with Gasteiger partial charge in [-0.3, -0.25) is 0 Å². The number of rotatable bonds is 15. The third-order valence-electron chi connectivity index (χ3n) is 4.68. The maximum atomic E-state index is 11.0. The summed E-state index contributed by atoms with van der Waals surface area (Å²) in [7, 11) is -4.06. The summed E-state index contributed by atoms with van der Waals surface area (Å²) in [5.74, 6) is -2.23. The number of aliphatic hydroxyl groups is 1. The minimum Gasteiger partial charge on any atom is -0.370 e. The minimum absolute atomic E-state index is 0.0607. The summed E-state index contributed by atoms with van der Waals surface area (Å²) in [5, 5.41) is 10.1. The molecule has 25 heavy (non-hydrogen) atoms.